The first-order valence-electron chi connectivity index (χ1n) is 4.24. The summed E-state index contributed by atoms with van der Waals surface area (Å²) in [5.41, 5.74) is 0. The first kappa shape index (κ1) is 12.3. The van der Waals surface area contributed by atoms with Crippen molar-refractivity contribution in [2.24, 2.45) is 0 Å². The van der Waals surface area contributed by atoms with Gasteiger partial charge in [0.2, 0.25) is 0 Å². The molecule has 1 aromatic carbocycles. The van der Waals surface area contributed by atoms with Crippen LogP contribution < -0.4 is 4.74 Å². The van der Waals surface area contributed by atoms with E-state index in [0.717, 1.165) is 0 Å². The van der Waals surface area contributed by atoms with E-state index in [1.807, 2.05) is 0 Å². The zero-order valence-corrected chi connectivity index (χ0v) is 9.93. The fourth-order valence-electron chi connectivity index (χ4n) is 1.03. The van der Waals surface area contributed by atoms with E-state index in [-0.39, 0.29) is 16.5 Å². The third kappa shape index (κ3) is 2.84. The molecule has 0 amide bonds. The number of benzene rings is 1. The summed E-state index contributed by atoms with van der Waals surface area (Å²) in [6.45, 7) is 1.69. The molecule has 0 bridgehead atoms. The van der Waals surface area contributed by atoms with Crippen LogP contribution in [-0.2, 0) is 14.3 Å². The molecule has 0 unspecified atom stereocenters. The molecule has 0 aliphatic rings. The smallest absolute Gasteiger partial charge is 0.297 e. The second kappa shape index (κ2) is 4.83. The van der Waals surface area contributed by atoms with Gasteiger partial charge >= 0.3 is 0 Å². The maximum absolute atomic E-state index is 11.5. The van der Waals surface area contributed by atoms with Crippen molar-refractivity contribution in [2.75, 3.05) is 13.7 Å². The predicted molar refractivity (Wildman–Crippen MR) is 56.8 cm³/mol. The molecule has 0 saturated carbocycles. The minimum atomic E-state index is -3.70. The van der Waals surface area contributed by atoms with E-state index in [4.69, 9.17) is 16.3 Å². The molecule has 84 valence electrons. The van der Waals surface area contributed by atoms with Gasteiger partial charge in [0.15, 0.2) is 0 Å². The Kier molecular flexibility index (Phi) is 3.96. The van der Waals surface area contributed by atoms with Gasteiger partial charge in [-0.25, -0.2) is 0 Å². The maximum atomic E-state index is 11.5. The second-order valence-electron chi connectivity index (χ2n) is 2.66. The first-order valence-corrected chi connectivity index (χ1v) is 6.03. The first-order chi connectivity index (χ1) is 7.01. The third-order valence-corrected chi connectivity index (χ3v) is 3.36. The van der Waals surface area contributed by atoms with Gasteiger partial charge in [0, 0.05) is 0 Å². The molecule has 1 aromatic rings. The van der Waals surface area contributed by atoms with Gasteiger partial charge in [0.25, 0.3) is 10.1 Å². The topological polar surface area (TPSA) is 52.6 Å². The molecule has 0 N–H and O–H groups in total. The van der Waals surface area contributed by atoms with Gasteiger partial charge in [-0.2, -0.15) is 8.42 Å². The summed E-state index contributed by atoms with van der Waals surface area (Å²) in [6.07, 6.45) is 0. The molecule has 15 heavy (non-hydrogen) atoms. The molecular weight excluding hydrogens is 240 g/mol. The van der Waals surface area contributed by atoms with Crippen molar-refractivity contribution >= 4 is 21.7 Å². The molecule has 0 radical (unpaired) electrons. The van der Waals surface area contributed by atoms with E-state index in [9.17, 15) is 8.42 Å². The highest BCUT2D eigenvalue weighted by Crippen LogP contribution is 2.27. The van der Waals surface area contributed by atoms with Crippen molar-refractivity contribution in [3.05, 3.63) is 23.2 Å². The van der Waals surface area contributed by atoms with Gasteiger partial charge in [0.1, 0.15) is 5.75 Å². The van der Waals surface area contributed by atoms with Gasteiger partial charge in [0.05, 0.1) is 23.6 Å². The van der Waals surface area contributed by atoms with Crippen molar-refractivity contribution in [1.82, 2.24) is 0 Å². The zero-order chi connectivity index (χ0) is 11.5. The quantitative estimate of drug-likeness (QED) is 0.768. The Hall–Kier alpha value is -0.780. The molecule has 0 saturated heterocycles. The lowest BCUT2D eigenvalue weighted by Crippen LogP contribution is -2.05. The van der Waals surface area contributed by atoms with E-state index in [0.29, 0.717) is 5.75 Å². The highest BCUT2D eigenvalue weighted by atomic mass is 35.5. The minimum Gasteiger partial charge on any atom is -0.495 e. The summed E-state index contributed by atoms with van der Waals surface area (Å²) in [6, 6.07) is 4.16. The van der Waals surface area contributed by atoms with E-state index in [1.54, 1.807) is 6.92 Å². The van der Waals surface area contributed by atoms with Crippen LogP contribution in [-0.4, -0.2) is 22.1 Å². The van der Waals surface area contributed by atoms with Crippen molar-refractivity contribution in [1.29, 1.82) is 0 Å². The third-order valence-electron chi connectivity index (χ3n) is 1.68. The Morgan fingerprint density at radius 3 is 2.53 bits per heavy atom. The number of methoxy groups -OCH3 is 1. The van der Waals surface area contributed by atoms with Crippen LogP contribution in [0.5, 0.6) is 5.75 Å². The largest absolute Gasteiger partial charge is 0.495 e. The van der Waals surface area contributed by atoms with Gasteiger partial charge in [-0.3, -0.25) is 4.18 Å². The van der Waals surface area contributed by atoms with E-state index >= 15 is 0 Å². The highest BCUT2D eigenvalue weighted by molar-refractivity contribution is 7.86. The lowest BCUT2D eigenvalue weighted by atomic mass is 10.3. The van der Waals surface area contributed by atoms with Crippen LogP contribution in [0.15, 0.2) is 23.1 Å². The Morgan fingerprint density at radius 1 is 1.40 bits per heavy atom. The van der Waals surface area contributed by atoms with Crippen LogP contribution in [0, 0.1) is 0 Å². The SMILES string of the molecule is CCOS(=O)(=O)c1ccc(OC)c(Cl)c1. The number of hydrogen-bond donors (Lipinski definition) is 0. The van der Waals surface area contributed by atoms with Crippen molar-refractivity contribution < 1.29 is 17.3 Å². The number of rotatable bonds is 4. The molecule has 0 fully saturated rings. The summed E-state index contributed by atoms with van der Waals surface area (Å²) >= 11 is 5.79. The lowest BCUT2D eigenvalue weighted by molar-refractivity contribution is 0.338. The average Bonchev–Trinajstić information content (AvgIpc) is 2.17. The fraction of sp³-hybridized carbons (Fsp3) is 0.333. The van der Waals surface area contributed by atoms with Gasteiger partial charge < -0.3 is 4.74 Å². The van der Waals surface area contributed by atoms with Crippen LogP contribution >= 0.6 is 11.6 Å². The fourth-order valence-corrected chi connectivity index (χ4v) is 2.29. The van der Waals surface area contributed by atoms with Crippen molar-refractivity contribution in [2.45, 2.75) is 11.8 Å². The normalized spacial score (nSPS) is 11.4. The molecule has 0 aliphatic carbocycles. The molecule has 4 nitrogen and oxygen atoms in total. The summed E-state index contributed by atoms with van der Waals surface area (Å²) in [7, 11) is -2.24. The van der Waals surface area contributed by atoms with Crippen LogP contribution in [0.25, 0.3) is 0 Å². The van der Waals surface area contributed by atoms with Gasteiger partial charge in [-0.15, -0.1) is 0 Å². The minimum absolute atomic E-state index is 0.0233. The maximum Gasteiger partial charge on any atom is 0.297 e. The Labute approximate surface area is 93.9 Å². The Morgan fingerprint density at radius 2 is 2.07 bits per heavy atom. The van der Waals surface area contributed by atoms with Crippen LogP contribution in [0.3, 0.4) is 0 Å². The average molecular weight is 251 g/mol. The number of halogens is 1. The summed E-state index contributed by atoms with van der Waals surface area (Å²) < 4.78 is 32.4. The van der Waals surface area contributed by atoms with Gasteiger partial charge in [-0.1, -0.05) is 11.6 Å². The standard InChI is InChI=1S/C9H11ClO4S/c1-3-14-15(11,12)7-4-5-9(13-2)8(10)6-7/h4-6H,3H2,1-2H3. The Balaban J connectivity index is 3.13. The van der Waals surface area contributed by atoms with Crippen LogP contribution in [0.4, 0.5) is 0 Å². The van der Waals surface area contributed by atoms with Crippen LogP contribution in [0.2, 0.25) is 5.02 Å². The molecular formula is C9H11ClO4S. The monoisotopic (exact) mass is 250 g/mol. The molecule has 0 aliphatic heterocycles. The summed E-state index contributed by atoms with van der Waals surface area (Å²) in [5.74, 6) is 0.423. The van der Waals surface area contributed by atoms with Crippen LogP contribution in [0.1, 0.15) is 6.92 Å². The molecule has 0 aromatic heterocycles. The van der Waals surface area contributed by atoms with Gasteiger partial charge in [-0.05, 0) is 25.1 Å². The molecule has 1 rings (SSSR count). The van der Waals surface area contributed by atoms with E-state index in [2.05, 4.69) is 4.18 Å². The molecule has 0 heterocycles. The number of ether oxygens (including phenoxy) is 1. The molecule has 6 heteroatoms. The van der Waals surface area contributed by atoms with E-state index in [1.165, 1.54) is 25.3 Å². The zero-order valence-electron chi connectivity index (χ0n) is 8.36. The van der Waals surface area contributed by atoms with Crippen molar-refractivity contribution in [3.8, 4) is 5.75 Å². The lowest BCUT2D eigenvalue weighted by Gasteiger charge is -2.06. The number of hydrogen-bond acceptors (Lipinski definition) is 4. The predicted octanol–water partition coefficient (Wildman–Crippen LogP) is 2.07. The van der Waals surface area contributed by atoms with E-state index < -0.39 is 10.1 Å². The van der Waals surface area contributed by atoms with Crippen molar-refractivity contribution in [3.63, 3.8) is 0 Å². The summed E-state index contributed by atoms with van der Waals surface area (Å²) in [4.78, 5) is 0.0233. The molecule has 0 spiro atoms. The highest BCUT2D eigenvalue weighted by Gasteiger charge is 2.15. The summed E-state index contributed by atoms with van der Waals surface area (Å²) in [5, 5.41) is 0.235. The Bertz CT molecular complexity index is 441. The second-order valence-corrected chi connectivity index (χ2v) is 4.68. The molecule has 0 atom stereocenters.